The zero-order chi connectivity index (χ0) is 24.0. The molecule has 0 fully saturated rings. The molecule has 0 spiro atoms. The number of fused-ring (bicyclic) bond motifs is 2. The first-order valence-corrected chi connectivity index (χ1v) is 10.3. The van der Waals surface area contributed by atoms with Gasteiger partial charge in [-0.3, -0.25) is 14.2 Å². The zero-order valence-electron chi connectivity index (χ0n) is 17.1. The van der Waals surface area contributed by atoms with E-state index >= 15 is 0 Å². The van der Waals surface area contributed by atoms with E-state index in [1.54, 1.807) is 18.2 Å². The average Bonchev–Trinajstić information content (AvgIpc) is 3.41. The van der Waals surface area contributed by atoms with Crippen molar-refractivity contribution in [2.24, 2.45) is 0 Å². The Kier molecular flexibility index (Phi) is 5.13. The summed E-state index contributed by atoms with van der Waals surface area (Å²) in [5, 5.41) is 3.07. The molecule has 0 aliphatic carbocycles. The minimum atomic E-state index is -4.76. The van der Waals surface area contributed by atoms with Crippen LogP contribution in [0.15, 0.2) is 59.8 Å². The fraction of sp³-hybridized carbons (Fsp3) is 0.0909. The molecule has 172 valence electrons. The number of imidazole rings is 2. The number of amides is 1. The van der Waals surface area contributed by atoms with E-state index in [-0.39, 0.29) is 28.8 Å². The number of aromatic amines is 2. The lowest BCUT2D eigenvalue weighted by atomic mass is 10.1. The van der Waals surface area contributed by atoms with Gasteiger partial charge in [-0.15, -0.1) is 0 Å². The predicted octanol–water partition coefficient (Wildman–Crippen LogP) is 4.19. The van der Waals surface area contributed by atoms with Crippen LogP contribution in [0.5, 0.6) is 0 Å². The summed E-state index contributed by atoms with van der Waals surface area (Å²) in [5.41, 5.74) is -0.479. The van der Waals surface area contributed by atoms with Gasteiger partial charge in [-0.05, 0) is 42.5 Å². The van der Waals surface area contributed by atoms with Crippen LogP contribution in [-0.4, -0.2) is 30.4 Å². The van der Waals surface area contributed by atoms with Crippen molar-refractivity contribution in [3.63, 3.8) is 0 Å². The summed E-state index contributed by atoms with van der Waals surface area (Å²) in [5.74, 6) is -0.282. The summed E-state index contributed by atoms with van der Waals surface area (Å²) in [7, 11) is 0. The van der Waals surface area contributed by atoms with E-state index < -0.39 is 23.2 Å². The van der Waals surface area contributed by atoms with Crippen molar-refractivity contribution in [3.05, 3.63) is 87.3 Å². The lowest BCUT2D eigenvalue weighted by molar-refractivity contribution is -0.137. The third-order valence-electron chi connectivity index (χ3n) is 5.21. The van der Waals surface area contributed by atoms with Crippen LogP contribution in [-0.2, 0) is 12.7 Å². The van der Waals surface area contributed by atoms with Crippen LogP contribution in [0, 0.1) is 0 Å². The van der Waals surface area contributed by atoms with Gasteiger partial charge in [0.05, 0.1) is 34.3 Å². The van der Waals surface area contributed by atoms with E-state index in [0.717, 1.165) is 17.0 Å². The maximum atomic E-state index is 13.9. The highest BCUT2D eigenvalue weighted by atomic mass is 35.5. The van der Waals surface area contributed by atoms with Crippen molar-refractivity contribution in [2.45, 2.75) is 12.7 Å². The molecule has 3 aromatic heterocycles. The van der Waals surface area contributed by atoms with Crippen LogP contribution in [0.25, 0.3) is 27.8 Å². The van der Waals surface area contributed by atoms with Crippen LogP contribution in [0.1, 0.15) is 21.7 Å². The number of nitrogens with zero attached hydrogens (tertiary/aromatic N) is 3. The van der Waals surface area contributed by atoms with Gasteiger partial charge in [0.1, 0.15) is 12.2 Å². The van der Waals surface area contributed by atoms with Gasteiger partial charge in [0.2, 0.25) is 0 Å². The van der Waals surface area contributed by atoms with Gasteiger partial charge in [0, 0.05) is 16.8 Å². The third-order valence-corrected chi connectivity index (χ3v) is 5.44. The molecule has 0 saturated carbocycles. The van der Waals surface area contributed by atoms with Gasteiger partial charge in [0.25, 0.3) is 11.5 Å². The molecule has 0 radical (unpaired) electrons. The van der Waals surface area contributed by atoms with E-state index in [1.807, 2.05) is 0 Å². The lowest BCUT2D eigenvalue weighted by Gasteiger charge is -2.15. The number of hydrogen-bond donors (Lipinski definition) is 3. The number of nitrogens with one attached hydrogen (secondary N) is 3. The van der Waals surface area contributed by atoms with E-state index in [9.17, 15) is 22.8 Å². The monoisotopic (exact) mass is 486 g/mol. The molecule has 0 atom stereocenters. The van der Waals surface area contributed by atoms with Crippen LogP contribution in [0.4, 0.5) is 13.2 Å². The second-order valence-corrected chi connectivity index (χ2v) is 7.85. The third kappa shape index (κ3) is 3.90. The second-order valence-electron chi connectivity index (χ2n) is 7.41. The number of benzene rings is 2. The topological polar surface area (TPSA) is 108 Å². The summed E-state index contributed by atoms with van der Waals surface area (Å²) >= 11 is 5.94. The summed E-state index contributed by atoms with van der Waals surface area (Å²) in [6.07, 6.45) is -2.30. The van der Waals surface area contributed by atoms with Crippen molar-refractivity contribution < 1.29 is 18.0 Å². The fourth-order valence-corrected chi connectivity index (χ4v) is 3.81. The molecule has 5 rings (SSSR count). The first-order chi connectivity index (χ1) is 16.2. The fourth-order valence-electron chi connectivity index (χ4n) is 3.64. The number of alkyl halides is 3. The molecule has 0 aliphatic rings. The Bertz CT molecular complexity index is 1620. The van der Waals surface area contributed by atoms with Gasteiger partial charge >= 0.3 is 6.18 Å². The first-order valence-electron chi connectivity index (χ1n) is 9.89. The highest BCUT2D eigenvalue weighted by Gasteiger charge is 2.35. The summed E-state index contributed by atoms with van der Waals surface area (Å²) in [6.45, 7) is -0.0246. The highest BCUT2D eigenvalue weighted by molar-refractivity contribution is 6.31. The molecule has 34 heavy (non-hydrogen) atoms. The van der Waals surface area contributed by atoms with Gasteiger partial charge in [-0.1, -0.05) is 11.6 Å². The Morgan fingerprint density at radius 1 is 1.15 bits per heavy atom. The molecule has 0 unspecified atom stereocenters. The van der Waals surface area contributed by atoms with Crippen molar-refractivity contribution in [1.29, 1.82) is 0 Å². The standard InChI is InChI=1S/C22H14ClF3N6O2/c23-12-2-3-14-15(8-12)31-18(30-14)9-28-20(33)11-1-4-16(13(7-11)22(24,25)26)32-10-29-19-17(32)5-6-27-21(19)34/h1-8,10H,9H2,(H,27,34)(H,28,33)(H,30,31). The largest absolute Gasteiger partial charge is 0.418 e. The number of pyridine rings is 1. The maximum absolute atomic E-state index is 13.9. The van der Waals surface area contributed by atoms with Crippen LogP contribution in [0.2, 0.25) is 5.02 Å². The number of hydrogen-bond acceptors (Lipinski definition) is 4. The van der Waals surface area contributed by atoms with Gasteiger partial charge < -0.3 is 15.3 Å². The number of rotatable bonds is 4. The van der Waals surface area contributed by atoms with Gasteiger partial charge in [0.15, 0.2) is 5.52 Å². The van der Waals surface area contributed by atoms with E-state index in [1.165, 1.54) is 24.4 Å². The van der Waals surface area contributed by atoms with Crippen LogP contribution >= 0.6 is 11.6 Å². The second kappa shape index (κ2) is 8.03. The van der Waals surface area contributed by atoms with Crippen LogP contribution in [0.3, 0.4) is 0 Å². The number of carbonyl (C=O) groups excluding carboxylic acids is 1. The Morgan fingerprint density at radius 3 is 2.76 bits per heavy atom. The minimum Gasteiger partial charge on any atom is -0.345 e. The van der Waals surface area contributed by atoms with Crippen molar-refractivity contribution >= 4 is 39.6 Å². The Hall–Kier alpha value is -4.12. The average molecular weight is 487 g/mol. The predicted molar refractivity (Wildman–Crippen MR) is 119 cm³/mol. The van der Waals surface area contributed by atoms with Gasteiger partial charge in [-0.2, -0.15) is 13.2 Å². The number of H-pyrrole nitrogens is 2. The molecule has 12 heteroatoms. The highest BCUT2D eigenvalue weighted by Crippen LogP contribution is 2.35. The molecule has 0 saturated heterocycles. The molecule has 3 N–H and O–H groups in total. The van der Waals surface area contributed by atoms with Crippen LogP contribution < -0.4 is 10.9 Å². The number of halogens is 4. The smallest absolute Gasteiger partial charge is 0.345 e. The molecule has 0 bridgehead atoms. The van der Waals surface area contributed by atoms with E-state index in [0.29, 0.717) is 21.9 Å². The van der Waals surface area contributed by atoms with Crippen molar-refractivity contribution in [1.82, 2.24) is 29.8 Å². The quantitative estimate of drug-likeness (QED) is 0.354. The molecule has 5 aromatic rings. The number of carbonyl (C=O) groups is 1. The molecule has 8 nitrogen and oxygen atoms in total. The number of aromatic nitrogens is 5. The SMILES string of the molecule is O=C(NCc1nc2cc(Cl)ccc2[nH]1)c1ccc(-n2cnc3c(=O)[nH]ccc32)c(C(F)(F)F)c1. The first kappa shape index (κ1) is 21.7. The van der Waals surface area contributed by atoms with Crippen molar-refractivity contribution in [3.8, 4) is 5.69 Å². The molecular weight excluding hydrogens is 473 g/mol. The Balaban J connectivity index is 1.45. The zero-order valence-corrected chi connectivity index (χ0v) is 17.8. The van der Waals surface area contributed by atoms with E-state index in [2.05, 4.69) is 25.3 Å². The molecule has 1 amide bonds. The summed E-state index contributed by atoms with van der Waals surface area (Å²) in [6, 6.07) is 9.73. The Morgan fingerprint density at radius 2 is 1.97 bits per heavy atom. The summed E-state index contributed by atoms with van der Waals surface area (Å²) in [4.78, 5) is 38.2. The molecule has 3 heterocycles. The van der Waals surface area contributed by atoms with E-state index in [4.69, 9.17) is 11.6 Å². The lowest BCUT2D eigenvalue weighted by Crippen LogP contribution is -2.24. The summed E-state index contributed by atoms with van der Waals surface area (Å²) < 4.78 is 42.9. The van der Waals surface area contributed by atoms with Gasteiger partial charge in [-0.25, -0.2) is 9.97 Å². The molecule has 0 aliphatic heterocycles. The Labute approximate surface area is 193 Å². The maximum Gasteiger partial charge on any atom is 0.418 e. The molecular formula is C22H14ClF3N6O2. The van der Waals surface area contributed by atoms with Crippen molar-refractivity contribution in [2.75, 3.05) is 0 Å². The minimum absolute atomic E-state index is 0.00423. The molecule has 2 aromatic carbocycles. The normalized spacial score (nSPS) is 11.9.